The van der Waals surface area contributed by atoms with Crippen LogP contribution in [0.3, 0.4) is 0 Å². The molecule has 1 rings (SSSR count). The van der Waals surface area contributed by atoms with Crippen LogP contribution in [0.5, 0.6) is 0 Å². The number of anilines is 2. The largest absolute Gasteiger partial charge is 0.329 e. The third-order valence-corrected chi connectivity index (χ3v) is 3.76. The van der Waals surface area contributed by atoms with E-state index in [-0.39, 0.29) is 24.0 Å². The third kappa shape index (κ3) is 4.01. The smallest absolute Gasteiger partial charge is 0.231 e. The molecule has 116 valence electrons. The van der Waals surface area contributed by atoms with E-state index >= 15 is 0 Å². The Kier molecular flexibility index (Phi) is 5.84. The Balaban J connectivity index is 3.01. The Labute approximate surface area is 124 Å². The number of amides is 2. The van der Waals surface area contributed by atoms with Crippen LogP contribution in [0, 0.1) is 11.2 Å². The summed E-state index contributed by atoms with van der Waals surface area (Å²) in [5.41, 5.74) is 5.45. The lowest BCUT2D eigenvalue weighted by Gasteiger charge is -2.28. The van der Waals surface area contributed by atoms with Gasteiger partial charge in [0.15, 0.2) is 0 Å². The van der Waals surface area contributed by atoms with E-state index in [2.05, 4.69) is 10.6 Å². The zero-order valence-corrected chi connectivity index (χ0v) is 12.6. The number of hydrogen-bond acceptors (Lipinski definition) is 3. The summed E-state index contributed by atoms with van der Waals surface area (Å²) in [6, 6.07) is 4.02. The SMILES string of the molecule is CCC(CC)(CN)C(=O)Nc1cc(NC(C)=O)ccc1F. The Bertz CT molecular complexity index is 519. The van der Waals surface area contributed by atoms with Gasteiger partial charge in [-0.2, -0.15) is 0 Å². The molecule has 0 radical (unpaired) electrons. The molecule has 1 aromatic carbocycles. The molecule has 0 heterocycles. The molecule has 0 saturated heterocycles. The summed E-state index contributed by atoms with van der Waals surface area (Å²) in [4.78, 5) is 23.4. The fourth-order valence-corrected chi connectivity index (χ4v) is 2.11. The van der Waals surface area contributed by atoms with Crippen LogP contribution in [-0.4, -0.2) is 18.4 Å². The van der Waals surface area contributed by atoms with Crippen molar-refractivity contribution in [3.63, 3.8) is 0 Å². The van der Waals surface area contributed by atoms with Gasteiger partial charge >= 0.3 is 0 Å². The van der Waals surface area contributed by atoms with Crippen molar-refractivity contribution in [2.24, 2.45) is 11.1 Å². The van der Waals surface area contributed by atoms with Gasteiger partial charge in [0.1, 0.15) is 5.82 Å². The summed E-state index contributed by atoms with van der Waals surface area (Å²) in [7, 11) is 0. The summed E-state index contributed by atoms with van der Waals surface area (Å²) >= 11 is 0. The number of nitrogens with one attached hydrogen (secondary N) is 2. The van der Waals surface area contributed by atoms with E-state index in [0.29, 0.717) is 18.5 Å². The van der Waals surface area contributed by atoms with Crippen molar-refractivity contribution >= 4 is 23.2 Å². The van der Waals surface area contributed by atoms with Gasteiger partial charge in [0.05, 0.1) is 11.1 Å². The third-order valence-electron chi connectivity index (χ3n) is 3.76. The maximum atomic E-state index is 13.8. The second-order valence-electron chi connectivity index (χ2n) is 5.02. The number of carbonyl (C=O) groups excluding carboxylic acids is 2. The highest BCUT2D eigenvalue weighted by atomic mass is 19.1. The minimum absolute atomic E-state index is 0.0333. The Morgan fingerprint density at radius 1 is 1.24 bits per heavy atom. The predicted molar refractivity (Wildman–Crippen MR) is 81.4 cm³/mol. The van der Waals surface area contributed by atoms with Crippen molar-refractivity contribution in [1.82, 2.24) is 0 Å². The number of halogens is 1. The van der Waals surface area contributed by atoms with Gasteiger partial charge in [-0.05, 0) is 31.0 Å². The van der Waals surface area contributed by atoms with Gasteiger partial charge in [-0.25, -0.2) is 4.39 Å². The van der Waals surface area contributed by atoms with Crippen LogP contribution >= 0.6 is 0 Å². The van der Waals surface area contributed by atoms with Crippen LogP contribution in [0.25, 0.3) is 0 Å². The van der Waals surface area contributed by atoms with E-state index in [9.17, 15) is 14.0 Å². The minimum atomic E-state index is -0.712. The second kappa shape index (κ2) is 7.17. The summed E-state index contributed by atoms with van der Waals surface area (Å²) < 4.78 is 13.8. The monoisotopic (exact) mass is 295 g/mol. The highest BCUT2D eigenvalue weighted by molar-refractivity contribution is 5.96. The van der Waals surface area contributed by atoms with Crippen molar-refractivity contribution < 1.29 is 14.0 Å². The Morgan fingerprint density at radius 3 is 2.33 bits per heavy atom. The lowest BCUT2D eigenvalue weighted by atomic mass is 9.81. The molecule has 0 atom stereocenters. The molecule has 6 heteroatoms. The molecule has 4 N–H and O–H groups in total. The summed E-state index contributed by atoms with van der Waals surface area (Å²) in [5, 5.41) is 5.12. The van der Waals surface area contributed by atoms with Crippen molar-refractivity contribution in [3.05, 3.63) is 24.0 Å². The van der Waals surface area contributed by atoms with Crippen LogP contribution in [0.4, 0.5) is 15.8 Å². The first-order valence-corrected chi connectivity index (χ1v) is 6.97. The van der Waals surface area contributed by atoms with Crippen molar-refractivity contribution in [2.75, 3.05) is 17.2 Å². The van der Waals surface area contributed by atoms with Crippen LogP contribution in [0.2, 0.25) is 0 Å². The average molecular weight is 295 g/mol. The van der Waals surface area contributed by atoms with Crippen LogP contribution in [0.1, 0.15) is 33.6 Å². The highest BCUT2D eigenvalue weighted by Crippen LogP contribution is 2.28. The molecule has 0 fully saturated rings. The molecule has 0 spiro atoms. The first kappa shape index (κ1) is 17.1. The first-order chi connectivity index (χ1) is 9.88. The van der Waals surface area contributed by atoms with E-state index in [1.165, 1.54) is 25.1 Å². The number of carbonyl (C=O) groups is 2. The second-order valence-corrected chi connectivity index (χ2v) is 5.02. The van der Waals surface area contributed by atoms with Gasteiger partial charge in [-0.1, -0.05) is 13.8 Å². The van der Waals surface area contributed by atoms with E-state index in [4.69, 9.17) is 5.73 Å². The van der Waals surface area contributed by atoms with Gasteiger partial charge < -0.3 is 16.4 Å². The van der Waals surface area contributed by atoms with Crippen LogP contribution in [-0.2, 0) is 9.59 Å². The van der Waals surface area contributed by atoms with E-state index in [1.807, 2.05) is 13.8 Å². The molecule has 0 unspecified atom stereocenters. The van der Waals surface area contributed by atoms with E-state index < -0.39 is 11.2 Å². The summed E-state index contributed by atoms with van der Waals surface area (Å²) in [6.07, 6.45) is 1.14. The Morgan fingerprint density at radius 2 is 1.86 bits per heavy atom. The zero-order chi connectivity index (χ0) is 16.0. The molecule has 0 aromatic heterocycles. The van der Waals surface area contributed by atoms with Gasteiger partial charge in [0.2, 0.25) is 11.8 Å². The lowest BCUT2D eigenvalue weighted by Crippen LogP contribution is -2.41. The number of nitrogens with two attached hydrogens (primary N) is 1. The molecule has 0 aliphatic carbocycles. The maximum Gasteiger partial charge on any atom is 0.231 e. The molecule has 21 heavy (non-hydrogen) atoms. The van der Waals surface area contributed by atoms with Crippen molar-refractivity contribution in [1.29, 1.82) is 0 Å². The van der Waals surface area contributed by atoms with Crippen LogP contribution < -0.4 is 16.4 Å². The van der Waals surface area contributed by atoms with Crippen molar-refractivity contribution in [3.8, 4) is 0 Å². The Hall–Kier alpha value is -1.95. The minimum Gasteiger partial charge on any atom is -0.329 e. The quantitative estimate of drug-likeness (QED) is 0.754. The summed E-state index contributed by atoms with van der Waals surface area (Å²) in [6.45, 7) is 5.30. The van der Waals surface area contributed by atoms with E-state index in [1.54, 1.807) is 0 Å². The highest BCUT2D eigenvalue weighted by Gasteiger charge is 2.33. The topological polar surface area (TPSA) is 84.2 Å². The first-order valence-electron chi connectivity index (χ1n) is 6.97. The predicted octanol–water partition coefficient (Wildman–Crippen LogP) is 2.49. The molecular weight excluding hydrogens is 273 g/mol. The molecule has 0 saturated carbocycles. The number of benzene rings is 1. The normalized spacial score (nSPS) is 11.1. The molecule has 0 aliphatic heterocycles. The molecule has 0 bridgehead atoms. The lowest BCUT2D eigenvalue weighted by molar-refractivity contribution is -0.125. The fraction of sp³-hybridized carbons (Fsp3) is 0.467. The van der Waals surface area contributed by atoms with E-state index in [0.717, 1.165) is 0 Å². The molecule has 5 nitrogen and oxygen atoms in total. The van der Waals surface area contributed by atoms with Crippen LogP contribution in [0.15, 0.2) is 18.2 Å². The van der Waals surface area contributed by atoms with Gasteiger partial charge in [-0.15, -0.1) is 0 Å². The standard InChI is InChI=1S/C15H22FN3O2/c1-4-15(5-2,9-17)14(21)19-13-8-11(18-10(3)20)6-7-12(13)16/h6-8H,4-5,9,17H2,1-3H3,(H,18,20)(H,19,21). The molecule has 1 aromatic rings. The fourth-order valence-electron chi connectivity index (χ4n) is 2.11. The van der Waals surface area contributed by atoms with Gasteiger partial charge in [0, 0.05) is 19.2 Å². The number of rotatable bonds is 6. The molecule has 2 amide bonds. The van der Waals surface area contributed by atoms with Gasteiger partial charge in [-0.3, -0.25) is 9.59 Å². The maximum absolute atomic E-state index is 13.8. The summed E-state index contributed by atoms with van der Waals surface area (Å²) in [5.74, 6) is -1.14. The number of hydrogen-bond donors (Lipinski definition) is 3. The average Bonchev–Trinajstić information content (AvgIpc) is 2.44. The molecular formula is C15H22FN3O2. The zero-order valence-electron chi connectivity index (χ0n) is 12.6. The van der Waals surface area contributed by atoms with Gasteiger partial charge in [0.25, 0.3) is 0 Å². The molecule has 0 aliphatic rings. The van der Waals surface area contributed by atoms with Crippen molar-refractivity contribution in [2.45, 2.75) is 33.6 Å².